The summed E-state index contributed by atoms with van der Waals surface area (Å²) in [7, 11) is 0. The Labute approximate surface area is 123 Å². The number of nitrogens with one attached hydrogen (secondary N) is 1. The van der Waals surface area contributed by atoms with Crippen LogP contribution in [0.3, 0.4) is 0 Å². The first-order valence-corrected chi connectivity index (χ1v) is 7.81. The topological polar surface area (TPSA) is 28.2 Å². The molecular formula is C17H29N3. The Morgan fingerprint density at radius 2 is 2.20 bits per heavy atom. The number of hydrogen-bond acceptors (Lipinski definition) is 3. The van der Waals surface area contributed by atoms with Crippen LogP contribution >= 0.6 is 0 Å². The molecule has 1 fully saturated rings. The van der Waals surface area contributed by atoms with E-state index < -0.39 is 0 Å². The zero-order valence-corrected chi connectivity index (χ0v) is 13.6. The van der Waals surface area contributed by atoms with E-state index >= 15 is 0 Å². The standard InChI is InChI=1S/C17H29N3/c1-6-14(3)16-10-19-17(4,5)12-20(16)11-15-7-13(2)8-18-9-15/h7-9,14,16,19H,6,10-12H2,1-5H3. The van der Waals surface area contributed by atoms with Gasteiger partial charge in [0, 0.05) is 43.6 Å². The largest absolute Gasteiger partial charge is 0.309 e. The van der Waals surface area contributed by atoms with E-state index in [1.165, 1.54) is 17.5 Å². The molecule has 3 nitrogen and oxygen atoms in total. The minimum atomic E-state index is 0.196. The average Bonchev–Trinajstić information content (AvgIpc) is 2.37. The average molecular weight is 275 g/mol. The Bertz CT molecular complexity index is 442. The van der Waals surface area contributed by atoms with E-state index in [1.54, 1.807) is 0 Å². The first kappa shape index (κ1) is 15.5. The molecule has 1 aliphatic rings. The van der Waals surface area contributed by atoms with Gasteiger partial charge in [0.1, 0.15) is 0 Å². The molecule has 3 heteroatoms. The molecule has 1 aliphatic heterocycles. The maximum absolute atomic E-state index is 4.33. The van der Waals surface area contributed by atoms with Crippen molar-refractivity contribution in [3.8, 4) is 0 Å². The summed E-state index contributed by atoms with van der Waals surface area (Å²) in [6.07, 6.45) is 5.17. The van der Waals surface area contributed by atoms with Crippen molar-refractivity contribution in [2.24, 2.45) is 5.92 Å². The van der Waals surface area contributed by atoms with E-state index in [0.717, 1.165) is 25.6 Å². The summed E-state index contributed by atoms with van der Waals surface area (Å²) >= 11 is 0. The number of hydrogen-bond donors (Lipinski definition) is 1. The molecule has 1 aromatic rings. The highest BCUT2D eigenvalue weighted by atomic mass is 15.2. The van der Waals surface area contributed by atoms with Crippen molar-refractivity contribution in [3.63, 3.8) is 0 Å². The van der Waals surface area contributed by atoms with E-state index in [1.807, 2.05) is 12.4 Å². The van der Waals surface area contributed by atoms with Gasteiger partial charge in [-0.25, -0.2) is 0 Å². The van der Waals surface area contributed by atoms with E-state index in [0.29, 0.717) is 6.04 Å². The predicted molar refractivity (Wildman–Crippen MR) is 84.7 cm³/mol. The molecule has 112 valence electrons. The second-order valence-electron chi connectivity index (χ2n) is 6.99. The molecule has 2 atom stereocenters. The lowest BCUT2D eigenvalue weighted by Gasteiger charge is -2.46. The second kappa shape index (κ2) is 6.23. The van der Waals surface area contributed by atoms with Crippen LogP contribution in [0.5, 0.6) is 0 Å². The van der Waals surface area contributed by atoms with E-state index in [9.17, 15) is 0 Å². The quantitative estimate of drug-likeness (QED) is 0.915. The van der Waals surface area contributed by atoms with E-state index in [-0.39, 0.29) is 5.54 Å². The minimum absolute atomic E-state index is 0.196. The maximum Gasteiger partial charge on any atom is 0.0313 e. The monoisotopic (exact) mass is 275 g/mol. The van der Waals surface area contributed by atoms with Gasteiger partial charge in [0.25, 0.3) is 0 Å². The lowest BCUT2D eigenvalue weighted by atomic mass is 9.90. The van der Waals surface area contributed by atoms with Gasteiger partial charge in [0.15, 0.2) is 0 Å². The lowest BCUT2D eigenvalue weighted by molar-refractivity contribution is 0.0570. The zero-order valence-electron chi connectivity index (χ0n) is 13.6. The van der Waals surface area contributed by atoms with Crippen LogP contribution in [0.2, 0.25) is 0 Å². The van der Waals surface area contributed by atoms with Gasteiger partial charge in [-0.2, -0.15) is 0 Å². The fourth-order valence-electron chi connectivity index (χ4n) is 3.14. The fourth-order valence-corrected chi connectivity index (χ4v) is 3.14. The molecule has 2 rings (SSSR count). The molecule has 0 saturated carbocycles. The van der Waals surface area contributed by atoms with Crippen LogP contribution in [-0.4, -0.2) is 34.6 Å². The molecular weight excluding hydrogens is 246 g/mol. The summed E-state index contributed by atoms with van der Waals surface area (Å²) in [6.45, 7) is 14.5. The third-order valence-corrected chi connectivity index (χ3v) is 4.48. The van der Waals surface area contributed by atoms with Gasteiger partial charge in [-0.05, 0) is 37.8 Å². The summed E-state index contributed by atoms with van der Waals surface area (Å²) < 4.78 is 0. The summed E-state index contributed by atoms with van der Waals surface area (Å²) in [5.74, 6) is 0.719. The number of aromatic nitrogens is 1. The lowest BCUT2D eigenvalue weighted by Crippen LogP contribution is -2.62. The van der Waals surface area contributed by atoms with Crippen LogP contribution < -0.4 is 5.32 Å². The van der Waals surface area contributed by atoms with Crippen molar-refractivity contribution in [3.05, 3.63) is 29.6 Å². The second-order valence-corrected chi connectivity index (χ2v) is 6.99. The molecule has 2 heterocycles. The maximum atomic E-state index is 4.33. The number of nitrogens with zero attached hydrogens (tertiary/aromatic N) is 2. The fraction of sp³-hybridized carbons (Fsp3) is 0.706. The molecule has 0 amide bonds. The molecule has 0 aromatic carbocycles. The molecule has 1 N–H and O–H groups in total. The van der Waals surface area contributed by atoms with Gasteiger partial charge in [-0.3, -0.25) is 9.88 Å². The number of aryl methyl sites for hydroxylation is 1. The molecule has 0 spiro atoms. The molecule has 1 saturated heterocycles. The SMILES string of the molecule is CCC(C)C1CNC(C)(C)CN1Cc1cncc(C)c1. The highest BCUT2D eigenvalue weighted by molar-refractivity contribution is 5.17. The van der Waals surface area contributed by atoms with Crippen molar-refractivity contribution in [1.82, 2.24) is 15.2 Å². The van der Waals surface area contributed by atoms with Crippen LogP contribution in [0, 0.1) is 12.8 Å². The molecule has 20 heavy (non-hydrogen) atoms. The Hall–Kier alpha value is -0.930. The van der Waals surface area contributed by atoms with Crippen molar-refractivity contribution in [2.75, 3.05) is 13.1 Å². The molecule has 2 unspecified atom stereocenters. The predicted octanol–water partition coefficient (Wildman–Crippen LogP) is 2.99. The first-order valence-electron chi connectivity index (χ1n) is 7.81. The van der Waals surface area contributed by atoms with Crippen LogP contribution in [0.15, 0.2) is 18.5 Å². The Kier molecular flexibility index (Phi) is 4.82. The number of pyridine rings is 1. The van der Waals surface area contributed by atoms with Gasteiger partial charge in [0.2, 0.25) is 0 Å². The Morgan fingerprint density at radius 1 is 1.45 bits per heavy atom. The van der Waals surface area contributed by atoms with Crippen molar-refractivity contribution < 1.29 is 0 Å². The first-order chi connectivity index (χ1) is 9.41. The third-order valence-electron chi connectivity index (χ3n) is 4.48. The van der Waals surface area contributed by atoms with Crippen molar-refractivity contribution in [1.29, 1.82) is 0 Å². The summed E-state index contributed by atoms with van der Waals surface area (Å²) in [6, 6.07) is 2.88. The van der Waals surface area contributed by atoms with Crippen molar-refractivity contribution >= 4 is 0 Å². The smallest absolute Gasteiger partial charge is 0.0313 e. The van der Waals surface area contributed by atoms with Gasteiger partial charge in [-0.1, -0.05) is 26.3 Å². The van der Waals surface area contributed by atoms with Gasteiger partial charge < -0.3 is 5.32 Å². The van der Waals surface area contributed by atoms with Crippen LogP contribution in [-0.2, 0) is 6.54 Å². The molecule has 0 radical (unpaired) electrons. The molecule has 1 aromatic heterocycles. The number of piperazine rings is 1. The minimum Gasteiger partial charge on any atom is -0.309 e. The highest BCUT2D eigenvalue weighted by Crippen LogP contribution is 2.24. The summed E-state index contributed by atoms with van der Waals surface area (Å²) in [5, 5.41) is 3.69. The van der Waals surface area contributed by atoms with Gasteiger partial charge in [-0.15, -0.1) is 0 Å². The summed E-state index contributed by atoms with van der Waals surface area (Å²) in [4.78, 5) is 6.97. The molecule has 0 bridgehead atoms. The Balaban J connectivity index is 2.14. The normalized spacial score (nSPS) is 24.6. The van der Waals surface area contributed by atoms with E-state index in [4.69, 9.17) is 0 Å². The Morgan fingerprint density at radius 3 is 2.85 bits per heavy atom. The highest BCUT2D eigenvalue weighted by Gasteiger charge is 2.34. The van der Waals surface area contributed by atoms with Gasteiger partial charge >= 0.3 is 0 Å². The summed E-state index contributed by atoms with van der Waals surface area (Å²) in [5.41, 5.74) is 2.77. The van der Waals surface area contributed by atoms with Crippen LogP contribution in [0.4, 0.5) is 0 Å². The van der Waals surface area contributed by atoms with Crippen molar-refractivity contribution in [2.45, 2.75) is 59.2 Å². The van der Waals surface area contributed by atoms with Crippen LogP contribution in [0.25, 0.3) is 0 Å². The third kappa shape index (κ3) is 3.80. The van der Waals surface area contributed by atoms with E-state index in [2.05, 4.69) is 55.9 Å². The zero-order chi connectivity index (χ0) is 14.8. The van der Waals surface area contributed by atoms with Gasteiger partial charge in [0.05, 0.1) is 0 Å². The molecule has 0 aliphatic carbocycles. The number of rotatable bonds is 4. The van der Waals surface area contributed by atoms with Crippen LogP contribution in [0.1, 0.15) is 45.2 Å².